The molecule has 102 valence electrons. The molecule has 0 amide bonds. The first-order chi connectivity index (χ1) is 8.07. The second-order valence-electron chi connectivity index (χ2n) is 6.76. The Balaban J connectivity index is 2.18. The molecule has 1 rings (SSSR count). The van der Waals surface area contributed by atoms with Crippen molar-refractivity contribution in [1.82, 2.24) is 5.32 Å². The smallest absolute Gasteiger partial charge is 0.00682 e. The van der Waals surface area contributed by atoms with Crippen LogP contribution in [0.2, 0.25) is 0 Å². The normalized spacial score (nSPS) is 18.4. The van der Waals surface area contributed by atoms with E-state index in [-0.39, 0.29) is 0 Å². The molecule has 0 aromatic rings. The van der Waals surface area contributed by atoms with Crippen LogP contribution in [0.25, 0.3) is 0 Å². The maximum atomic E-state index is 3.65. The van der Waals surface area contributed by atoms with E-state index in [1.165, 1.54) is 57.9 Å². The first-order valence-corrected chi connectivity index (χ1v) is 7.80. The van der Waals surface area contributed by atoms with Gasteiger partial charge in [0.15, 0.2) is 0 Å². The fourth-order valence-corrected chi connectivity index (χ4v) is 2.73. The average Bonchev–Trinajstić information content (AvgIpc) is 3.07. The third-order valence-corrected chi connectivity index (χ3v) is 4.20. The monoisotopic (exact) mass is 239 g/mol. The summed E-state index contributed by atoms with van der Waals surface area (Å²) in [5, 5.41) is 3.65. The van der Waals surface area contributed by atoms with Crippen LogP contribution >= 0.6 is 0 Å². The third kappa shape index (κ3) is 7.08. The van der Waals surface area contributed by atoms with Crippen molar-refractivity contribution in [2.45, 2.75) is 85.1 Å². The second kappa shape index (κ2) is 7.41. The number of unbranched alkanes of at least 4 members (excludes halogenated alkanes) is 1. The highest BCUT2D eigenvalue weighted by atomic mass is 14.9. The molecule has 1 fully saturated rings. The lowest BCUT2D eigenvalue weighted by Gasteiger charge is -2.29. The standard InChI is InChI=1S/C16H33N/c1-5-7-8-14(6-2)13-16(3,4)11-12-17-15-9-10-15/h14-15,17H,5-13H2,1-4H3. The topological polar surface area (TPSA) is 12.0 Å². The van der Waals surface area contributed by atoms with Gasteiger partial charge in [-0.15, -0.1) is 0 Å². The van der Waals surface area contributed by atoms with E-state index in [1.54, 1.807) is 0 Å². The average molecular weight is 239 g/mol. The molecular weight excluding hydrogens is 206 g/mol. The Hall–Kier alpha value is -0.0400. The van der Waals surface area contributed by atoms with Gasteiger partial charge >= 0.3 is 0 Å². The molecule has 17 heavy (non-hydrogen) atoms. The van der Waals surface area contributed by atoms with Gasteiger partial charge in [0.2, 0.25) is 0 Å². The summed E-state index contributed by atoms with van der Waals surface area (Å²) in [5.74, 6) is 0.950. The first kappa shape index (κ1) is 15.0. The second-order valence-corrected chi connectivity index (χ2v) is 6.76. The van der Waals surface area contributed by atoms with Crippen molar-refractivity contribution in [2.24, 2.45) is 11.3 Å². The van der Waals surface area contributed by atoms with E-state index in [2.05, 4.69) is 33.0 Å². The summed E-state index contributed by atoms with van der Waals surface area (Å²) in [6.07, 6.45) is 11.1. The first-order valence-electron chi connectivity index (χ1n) is 7.80. The molecule has 0 saturated heterocycles. The summed E-state index contributed by atoms with van der Waals surface area (Å²) < 4.78 is 0. The van der Waals surface area contributed by atoms with Crippen LogP contribution in [-0.2, 0) is 0 Å². The molecule has 0 heterocycles. The number of hydrogen-bond donors (Lipinski definition) is 1. The number of hydrogen-bond acceptors (Lipinski definition) is 1. The van der Waals surface area contributed by atoms with E-state index in [1.807, 2.05) is 0 Å². The zero-order chi connectivity index (χ0) is 12.7. The highest BCUT2D eigenvalue weighted by molar-refractivity contribution is 4.82. The summed E-state index contributed by atoms with van der Waals surface area (Å²) in [6, 6.07) is 0.868. The van der Waals surface area contributed by atoms with Gasteiger partial charge in [-0.25, -0.2) is 0 Å². The molecule has 1 unspecified atom stereocenters. The highest BCUT2D eigenvalue weighted by Gasteiger charge is 2.24. The quantitative estimate of drug-likeness (QED) is 0.579. The van der Waals surface area contributed by atoms with Gasteiger partial charge in [0.1, 0.15) is 0 Å². The lowest BCUT2D eigenvalue weighted by Crippen LogP contribution is -2.25. The van der Waals surface area contributed by atoms with Crippen molar-refractivity contribution < 1.29 is 0 Å². The lowest BCUT2D eigenvalue weighted by molar-refractivity contribution is 0.230. The van der Waals surface area contributed by atoms with E-state index in [0.717, 1.165) is 12.0 Å². The summed E-state index contributed by atoms with van der Waals surface area (Å²) in [4.78, 5) is 0. The summed E-state index contributed by atoms with van der Waals surface area (Å²) >= 11 is 0. The maximum absolute atomic E-state index is 3.65. The predicted molar refractivity (Wildman–Crippen MR) is 77.3 cm³/mol. The van der Waals surface area contributed by atoms with Gasteiger partial charge in [-0.05, 0) is 43.6 Å². The lowest BCUT2D eigenvalue weighted by atomic mass is 9.77. The third-order valence-electron chi connectivity index (χ3n) is 4.20. The molecule has 1 aliphatic rings. The van der Waals surface area contributed by atoms with E-state index < -0.39 is 0 Å². The van der Waals surface area contributed by atoms with Crippen LogP contribution in [0.15, 0.2) is 0 Å². The molecule has 0 spiro atoms. The predicted octanol–water partition coefficient (Wildman–Crippen LogP) is 4.76. The van der Waals surface area contributed by atoms with Crippen LogP contribution in [-0.4, -0.2) is 12.6 Å². The number of nitrogens with one attached hydrogen (secondary N) is 1. The van der Waals surface area contributed by atoms with Crippen molar-refractivity contribution in [1.29, 1.82) is 0 Å². The van der Waals surface area contributed by atoms with Crippen LogP contribution in [0.1, 0.15) is 79.1 Å². The SMILES string of the molecule is CCCCC(CC)CC(C)(C)CCNC1CC1. The highest BCUT2D eigenvalue weighted by Crippen LogP contribution is 2.33. The molecule has 0 aliphatic heterocycles. The van der Waals surface area contributed by atoms with E-state index in [0.29, 0.717) is 5.41 Å². The number of rotatable bonds is 10. The van der Waals surface area contributed by atoms with Crippen LogP contribution in [0.4, 0.5) is 0 Å². The van der Waals surface area contributed by atoms with Crippen molar-refractivity contribution in [3.8, 4) is 0 Å². The Morgan fingerprint density at radius 1 is 1.24 bits per heavy atom. The molecular formula is C16H33N. The van der Waals surface area contributed by atoms with E-state index >= 15 is 0 Å². The minimum Gasteiger partial charge on any atom is -0.314 e. The van der Waals surface area contributed by atoms with Crippen LogP contribution < -0.4 is 5.32 Å². The van der Waals surface area contributed by atoms with Crippen molar-refractivity contribution in [2.75, 3.05) is 6.54 Å². The Bertz CT molecular complexity index is 194. The molecule has 1 N–H and O–H groups in total. The summed E-state index contributed by atoms with van der Waals surface area (Å²) in [6.45, 7) is 10.8. The van der Waals surface area contributed by atoms with Crippen molar-refractivity contribution >= 4 is 0 Å². The minimum atomic E-state index is 0.524. The van der Waals surface area contributed by atoms with Gasteiger partial charge < -0.3 is 5.32 Å². The molecule has 1 aliphatic carbocycles. The van der Waals surface area contributed by atoms with E-state index in [9.17, 15) is 0 Å². The fourth-order valence-electron chi connectivity index (χ4n) is 2.73. The molecule has 1 atom stereocenters. The zero-order valence-electron chi connectivity index (χ0n) is 12.5. The minimum absolute atomic E-state index is 0.524. The Labute approximate surface area is 109 Å². The molecule has 1 saturated carbocycles. The largest absolute Gasteiger partial charge is 0.314 e. The molecule has 0 bridgehead atoms. The molecule has 0 aromatic carbocycles. The Morgan fingerprint density at radius 2 is 1.94 bits per heavy atom. The maximum Gasteiger partial charge on any atom is 0.00682 e. The van der Waals surface area contributed by atoms with Crippen molar-refractivity contribution in [3.05, 3.63) is 0 Å². The molecule has 1 heteroatoms. The summed E-state index contributed by atoms with van der Waals surface area (Å²) in [5.41, 5.74) is 0.524. The van der Waals surface area contributed by atoms with E-state index in [4.69, 9.17) is 0 Å². The van der Waals surface area contributed by atoms with Crippen LogP contribution in [0, 0.1) is 11.3 Å². The van der Waals surface area contributed by atoms with Gasteiger partial charge in [0.25, 0.3) is 0 Å². The molecule has 1 nitrogen and oxygen atoms in total. The van der Waals surface area contributed by atoms with Crippen LogP contribution in [0.5, 0.6) is 0 Å². The molecule has 0 radical (unpaired) electrons. The zero-order valence-corrected chi connectivity index (χ0v) is 12.5. The summed E-state index contributed by atoms with van der Waals surface area (Å²) in [7, 11) is 0. The van der Waals surface area contributed by atoms with Crippen molar-refractivity contribution in [3.63, 3.8) is 0 Å². The van der Waals surface area contributed by atoms with Gasteiger partial charge in [-0.3, -0.25) is 0 Å². The van der Waals surface area contributed by atoms with Gasteiger partial charge in [-0.2, -0.15) is 0 Å². The fraction of sp³-hybridized carbons (Fsp3) is 1.00. The Morgan fingerprint density at radius 3 is 2.47 bits per heavy atom. The van der Waals surface area contributed by atoms with Gasteiger partial charge in [0, 0.05) is 6.04 Å². The van der Waals surface area contributed by atoms with Gasteiger partial charge in [-0.1, -0.05) is 53.4 Å². The van der Waals surface area contributed by atoms with Crippen LogP contribution in [0.3, 0.4) is 0 Å². The van der Waals surface area contributed by atoms with Gasteiger partial charge in [0.05, 0.1) is 0 Å². The molecule has 0 aromatic heterocycles. The Kier molecular flexibility index (Phi) is 6.54.